The average Bonchev–Trinajstić information content (AvgIpc) is 2.01. The van der Waals surface area contributed by atoms with Crippen molar-refractivity contribution in [1.29, 1.82) is 0 Å². The van der Waals surface area contributed by atoms with Crippen molar-refractivity contribution in [2.45, 2.75) is 0 Å². The van der Waals surface area contributed by atoms with Crippen LogP contribution in [0.25, 0.3) is 0 Å². The molecule has 3 nitrogen and oxygen atoms in total. The Labute approximate surface area is 87.0 Å². The summed E-state index contributed by atoms with van der Waals surface area (Å²) < 4.78 is 30.4. The van der Waals surface area contributed by atoms with Crippen LogP contribution in [0.4, 0.5) is 8.78 Å². The summed E-state index contributed by atoms with van der Waals surface area (Å²) in [6.45, 7) is -0.457. The van der Waals surface area contributed by atoms with E-state index in [4.69, 9.17) is 10.5 Å². The van der Waals surface area contributed by atoms with Gasteiger partial charge in [0, 0.05) is 6.07 Å². The lowest BCUT2D eigenvalue weighted by Crippen LogP contribution is -2.20. The number of benzene rings is 1. The monoisotopic (exact) mass is 265 g/mol. The zero-order chi connectivity index (χ0) is 10.7. The number of halogens is 3. The van der Waals surface area contributed by atoms with E-state index >= 15 is 0 Å². The first-order valence-corrected chi connectivity index (χ1v) is 4.35. The molecule has 6 heteroatoms. The summed E-state index contributed by atoms with van der Waals surface area (Å²) in [6, 6.07) is 1.68. The predicted octanol–water partition coefficient (Wildman–Crippen LogP) is 1.59. The van der Waals surface area contributed by atoms with E-state index in [2.05, 4.69) is 15.9 Å². The van der Waals surface area contributed by atoms with Crippen molar-refractivity contribution in [3.8, 4) is 5.75 Å². The lowest BCUT2D eigenvalue weighted by atomic mass is 10.3. The smallest absolute Gasteiger partial charge is 0.255 e. The van der Waals surface area contributed by atoms with Gasteiger partial charge in [0.1, 0.15) is 5.82 Å². The topological polar surface area (TPSA) is 52.3 Å². The van der Waals surface area contributed by atoms with E-state index in [0.717, 1.165) is 6.07 Å². The molecule has 14 heavy (non-hydrogen) atoms. The molecule has 1 aromatic rings. The number of rotatable bonds is 3. The molecule has 76 valence electrons. The Morgan fingerprint density at radius 1 is 1.50 bits per heavy atom. The van der Waals surface area contributed by atoms with Crippen LogP contribution in [0.2, 0.25) is 0 Å². The summed E-state index contributed by atoms with van der Waals surface area (Å²) in [5.41, 5.74) is 4.79. The number of hydrogen-bond donors (Lipinski definition) is 1. The maximum absolute atomic E-state index is 13.0. The van der Waals surface area contributed by atoms with Crippen LogP contribution in [0.5, 0.6) is 5.75 Å². The van der Waals surface area contributed by atoms with E-state index in [1.54, 1.807) is 0 Å². The lowest BCUT2D eigenvalue weighted by molar-refractivity contribution is -0.120. The molecule has 0 unspecified atom stereocenters. The summed E-state index contributed by atoms with van der Waals surface area (Å²) >= 11 is 2.89. The molecule has 0 atom stereocenters. The maximum atomic E-state index is 13.0. The Kier molecular flexibility index (Phi) is 3.40. The zero-order valence-electron chi connectivity index (χ0n) is 6.89. The van der Waals surface area contributed by atoms with Gasteiger partial charge in [-0.3, -0.25) is 4.79 Å². The fraction of sp³-hybridized carbons (Fsp3) is 0.125. The van der Waals surface area contributed by atoms with Crippen molar-refractivity contribution in [3.63, 3.8) is 0 Å². The highest BCUT2D eigenvalue weighted by Crippen LogP contribution is 2.28. The third kappa shape index (κ3) is 2.66. The standard InChI is InChI=1S/C8H6BrF2NO2/c9-5-1-4(10)2-6(11)8(5)14-3-7(12)13/h1-2H,3H2,(H2,12,13). The number of hydrogen-bond acceptors (Lipinski definition) is 2. The molecule has 0 aliphatic carbocycles. The summed E-state index contributed by atoms with van der Waals surface area (Å²) in [7, 11) is 0. The van der Waals surface area contributed by atoms with Crippen LogP contribution in [0.1, 0.15) is 0 Å². The van der Waals surface area contributed by atoms with Gasteiger partial charge in [0.2, 0.25) is 0 Å². The van der Waals surface area contributed by atoms with Gasteiger partial charge in [0.25, 0.3) is 5.91 Å². The minimum atomic E-state index is -0.891. The Morgan fingerprint density at radius 2 is 2.14 bits per heavy atom. The Morgan fingerprint density at radius 3 is 2.64 bits per heavy atom. The molecule has 1 amide bonds. The molecule has 0 aliphatic heterocycles. The van der Waals surface area contributed by atoms with Crippen LogP contribution in [0, 0.1) is 11.6 Å². The van der Waals surface area contributed by atoms with Crippen LogP contribution in [-0.2, 0) is 4.79 Å². The van der Waals surface area contributed by atoms with Crippen LogP contribution in [0.3, 0.4) is 0 Å². The molecule has 0 heterocycles. The van der Waals surface area contributed by atoms with Crippen molar-refractivity contribution in [3.05, 3.63) is 28.2 Å². The molecule has 0 radical (unpaired) electrons. The number of ether oxygens (including phenoxy) is 1. The lowest BCUT2D eigenvalue weighted by Gasteiger charge is -2.06. The van der Waals surface area contributed by atoms with Crippen LogP contribution >= 0.6 is 15.9 Å². The molecule has 0 aromatic heterocycles. The minimum absolute atomic E-state index is 0.0938. The molecule has 0 saturated heterocycles. The molecule has 2 N–H and O–H groups in total. The highest BCUT2D eigenvalue weighted by atomic mass is 79.9. The first kappa shape index (κ1) is 10.9. The van der Waals surface area contributed by atoms with Crippen molar-refractivity contribution in [1.82, 2.24) is 0 Å². The first-order chi connectivity index (χ1) is 6.50. The zero-order valence-corrected chi connectivity index (χ0v) is 8.48. The van der Waals surface area contributed by atoms with E-state index < -0.39 is 24.1 Å². The fourth-order valence-electron chi connectivity index (χ4n) is 0.810. The summed E-state index contributed by atoms with van der Waals surface area (Å²) in [6.07, 6.45) is 0. The molecule has 0 spiro atoms. The van der Waals surface area contributed by atoms with Gasteiger partial charge in [-0.05, 0) is 22.0 Å². The number of carbonyl (C=O) groups excluding carboxylic acids is 1. The molecular weight excluding hydrogens is 260 g/mol. The molecule has 0 saturated carbocycles. The third-order valence-corrected chi connectivity index (χ3v) is 1.91. The molecular formula is C8H6BrF2NO2. The van der Waals surface area contributed by atoms with Crippen LogP contribution in [0.15, 0.2) is 16.6 Å². The SMILES string of the molecule is NC(=O)COc1c(F)cc(F)cc1Br. The molecule has 1 aromatic carbocycles. The quantitative estimate of drug-likeness (QED) is 0.903. The van der Waals surface area contributed by atoms with Gasteiger partial charge in [-0.15, -0.1) is 0 Å². The second-order valence-electron chi connectivity index (χ2n) is 2.45. The second-order valence-corrected chi connectivity index (χ2v) is 3.31. The van der Waals surface area contributed by atoms with Gasteiger partial charge < -0.3 is 10.5 Å². The third-order valence-electron chi connectivity index (χ3n) is 1.32. The van der Waals surface area contributed by atoms with Gasteiger partial charge in [0.15, 0.2) is 18.2 Å². The first-order valence-electron chi connectivity index (χ1n) is 3.56. The normalized spacial score (nSPS) is 9.93. The Balaban J connectivity index is 2.91. The van der Waals surface area contributed by atoms with Gasteiger partial charge in [-0.1, -0.05) is 0 Å². The van der Waals surface area contributed by atoms with Crippen LogP contribution < -0.4 is 10.5 Å². The molecule has 0 fully saturated rings. The van der Waals surface area contributed by atoms with Crippen molar-refractivity contribution < 1.29 is 18.3 Å². The summed E-state index contributed by atoms with van der Waals surface area (Å²) in [5, 5.41) is 0. The number of amides is 1. The van der Waals surface area contributed by atoms with Crippen LogP contribution in [-0.4, -0.2) is 12.5 Å². The minimum Gasteiger partial charge on any atom is -0.480 e. The van der Waals surface area contributed by atoms with Gasteiger partial charge >= 0.3 is 0 Å². The second kappa shape index (κ2) is 4.36. The van der Waals surface area contributed by atoms with E-state index in [1.165, 1.54) is 0 Å². The fourth-order valence-corrected chi connectivity index (χ4v) is 1.33. The van der Waals surface area contributed by atoms with Gasteiger partial charge in [0.05, 0.1) is 4.47 Å². The molecule has 1 rings (SSSR count). The number of carbonyl (C=O) groups is 1. The summed E-state index contributed by atoms with van der Waals surface area (Å²) in [5.74, 6) is -2.59. The van der Waals surface area contributed by atoms with Gasteiger partial charge in [-0.25, -0.2) is 8.78 Å². The number of nitrogens with two attached hydrogens (primary N) is 1. The van der Waals surface area contributed by atoms with Crippen molar-refractivity contribution in [2.75, 3.05) is 6.61 Å². The van der Waals surface area contributed by atoms with E-state index in [0.29, 0.717) is 6.07 Å². The molecule has 0 aliphatic rings. The highest BCUT2D eigenvalue weighted by Gasteiger charge is 2.11. The van der Waals surface area contributed by atoms with E-state index in [9.17, 15) is 13.6 Å². The number of primary amides is 1. The molecule has 0 bridgehead atoms. The largest absolute Gasteiger partial charge is 0.480 e. The van der Waals surface area contributed by atoms with Gasteiger partial charge in [-0.2, -0.15) is 0 Å². The maximum Gasteiger partial charge on any atom is 0.255 e. The predicted molar refractivity (Wildman–Crippen MR) is 48.7 cm³/mol. The highest BCUT2D eigenvalue weighted by molar-refractivity contribution is 9.10. The van der Waals surface area contributed by atoms with E-state index in [1.807, 2.05) is 0 Å². The van der Waals surface area contributed by atoms with Crippen molar-refractivity contribution >= 4 is 21.8 Å². The Bertz CT molecular complexity index is 347. The van der Waals surface area contributed by atoms with Crippen molar-refractivity contribution in [2.24, 2.45) is 5.73 Å². The van der Waals surface area contributed by atoms with E-state index in [-0.39, 0.29) is 10.2 Å². The Hall–Kier alpha value is -1.17. The average molecular weight is 266 g/mol. The summed E-state index contributed by atoms with van der Waals surface area (Å²) in [4.78, 5) is 10.3.